The van der Waals surface area contributed by atoms with E-state index >= 15 is 0 Å². The van der Waals surface area contributed by atoms with Gasteiger partial charge in [0.2, 0.25) is 0 Å². The van der Waals surface area contributed by atoms with Crippen molar-refractivity contribution in [1.82, 2.24) is 0 Å². The molecule has 0 fully saturated rings. The maximum absolute atomic E-state index is 9.81. The molecule has 1 amide bonds. The molecular weight excluding hydrogens is 289 g/mol. The molecule has 0 saturated heterocycles. The standard InChI is InChI=1S/C6H13.C4H9NO.La/c1-3-5-6-4-2;1-3(2)4(5)6;/h1,3-6H2,2H3;3H,1-2H3,(H2,5,6);/q-1;;/p-1. The van der Waals surface area contributed by atoms with Crippen LogP contribution in [0.5, 0.6) is 0 Å². The smallest absolute Gasteiger partial charge is 0.0513 e. The number of hydrogen-bond donors (Lipinski definition) is 0. The van der Waals surface area contributed by atoms with Crippen LogP contribution in [0.25, 0.3) is 5.73 Å². The molecule has 2 nitrogen and oxygen atoms in total. The second kappa shape index (κ2) is 15.2. The summed E-state index contributed by atoms with van der Waals surface area (Å²) in [5, 5.41) is 0. The van der Waals surface area contributed by atoms with Gasteiger partial charge in [-0.3, -0.25) is 0 Å². The molecule has 0 aliphatic rings. The molecule has 0 aliphatic carbocycles. The van der Waals surface area contributed by atoms with Gasteiger partial charge in [-0.2, -0.15) is 6.42 Å². The fraction of sp³-hybridized carbons (Fsp3) is 0.800. The van der Waals surface area contributed by atoms with Crippen molar-refractivity contribution in [3.05, 3.63) is 12.7 Å². The number of carbonyl (C=O) groups is 1. The van der Waals surface area contributed by atoms with Crippen LogP contribution in [0.15, 0.2) is 0 Å². The van der Waals surface area contributed by atoms with Crippen LogP contribution < -0.4 is 0 Å². The van der Waals surface area contributed by atoms with Crippen molar-refractivity contribution < 1.29 is 40.4 Å². The van der Waals surface area contributed by atoms with Gasteiger partial charge in [0, 0.05) is 35.6 Å². The van der Waals surface area contributed by atoms with E-state index in [-0.39, 0.29) is 41.5 Å². The van der Waals surface area contributed by atoms with E-state index in [9.17, 15) is 4.79 Å². The molecule has 0 aromatic rings. The molecule has 0 aromatic heterocycles. The molecule has 0 bridgehead atoms. The van der Waals surface area contributed by atoms with Gasteiger partial charge in [0.25, 0.3) is 0 Å². The summed E-state index contributed by atoms with van der Waals surface area (Å²) in [6, 6.07) is 0. The minimum absolute atomic E-state index is 0. The molecule has 77 valence electrons. The Morgan fingerprint density at radius 3 is 1.85 bits per heavy atom. The van der Waals surface area contributed by atoms with Gasteiger partial charge >= 0.3 is 0 Å². The van der Waals surface area contributed by atoms with Gasteiger partial charge in [-0.15, -0.1) is 0 Å². The molecule has 0 unspecified atom stereocenters. The summed E-state index contributed by atoms with van der Waals surface area (Å²) in [6.07, 6.45) is 5.07. The number of rotatable bonds is 4. The molecule has 0 saturated carbocycles. The van der Waals surface area contributed by atoms with Crippen molar-refractivity contribution >= 4 is 5.91 Å². The van der Waals surface area contributed by atoms with E-state index in [4.69, 9.17) is 5.73 Å². The Kier molecular flexibility index (Phi) is 22.5. The first-order valence-electron chi connectivity index (χ1n) is 4.60. The minimum Gasteiger partial charge on any atom is -0.668 e. The third kappa shape index (κ3) is 24.5. The molecule has 0 atom stereocenters. The first-order valence-corrected chi connectivity index (χ1v) is 4.60. The van der Waals surface area contributed by atoms with E-state index < -0.39 is 5.91 Å². The average Bonchev–Trinajstić information content (AvgIpc) is 2.02. The molecule has 1 N–H and O–H groups in total. The van der Waals surface area contributed by atoms with E-state index in [1.54, 1.807) is 13.8 Å². The van der Waals surface area contributed by atoms with Crippen molar-refractivity contribution in [3.8, 4) is 0 Å². The fourth-order valence-electron chi connectivity index (χ4n) is 0.427. The maximum atomic E-state index is 9.81. The summed E-state index contributed by atoms with van der Waals surface area (Å²) in [7, 11) is 0. The monoisotopic (exact) mass is 310 g/mol. The molecule has 0 spiro atoms. The van der Waals surface area contributed by atoms with Crippen molar-refractivity contribution in [3.63, 3.8) is 0 Å². The van der Waals surface area contributed by atoms with Gasteiger partial charge in [-0.05, 0) is 5.92 Å². The molecule has 1 radical (unpaired) electrons. The quantitative estimate of drug-likeness (QED) is 0.577. The normalized spacial score (nSPS) is 8.38. The molecule has 3 heteroatoms. The number of nitrogens with one attached hydrogen (secondary N) is 1. The summed E-state index contributed by atoms with van der Waals surface area (Å²) >= 11 is 0. The van der Waals surface area contributed by atoms with E-state index in [1.807, 2.05) is 0 Å². The van der Waals surface area contributed by atoms with Gasteiger partial charge in [0.15, 0.2) is 0 Å². The van der Waals surface area contributed by atoms with Gasteiger partial charge in [0.05, 0.1) is 5.91 Å². The van der Waals surface area contributed by atoms with Crippen LogP contribution in [-0.2, 0) is 4.79 Å². The zero-order valence-corrected chi connectivity index (χ0v) is 12.7. The fourth-order valence-corrected chi connectivity index (χ4v) is 0.427. The largest absolute Gasteiger partial charge is 0.668 e. The Balaban J connectivity index is -0.000000143. The molecular formula is C10H21LaNO-2. The Hall–Kier alpha value is 0.665. The number of carbonyl (C=O) groups excluding carboxylic acids is 1. The number of hydrogen-bond acceptors (Lipinski definition) is 1. The van der Waals surface area contributed by atoms with Crippen LogP contribution in [0.1, 0.15) is 46.5 Å². The number of amides is 1. The predicted molar refractivity (Wildman–Crippen MR) is 53.7 cm³/mol. The predicted octanol–water partition coefficient (Wildman–Crippen LogP) is 3.62. The van der Waals surface area contributed by atoms with Crippen molar-refractivity contribution in [2.75, 3.05) is 0 Å². The van der Waals surface area contributed by atoms with Gasteiger partial charge in [0.1, 0.15) is 0 Å². The Labute approximate surface area is 111 Å². The van der Waals surface area contributed by atoms with Crippen LogP contribution in [-0.4, -0.2) is 5.91 Å². The first kappa shape index (κ1) is 19.3. The third-order valence-corrected chi connectivity index (χ3v) is 1.38. The summed E-state index contributed by atoms with van der Waals surface area (Å²) < 4.78 is 0. The summed E-state index contributed by atoms with van der Waals surface area (Å²) in [5.74, 6) is -0.611. The molecule has 0 aliphatic heterocycles. The van der Waals surface area contributed by atoms with E-state index in [2.05, 4.69) is 13.8 Å². The Bertz CT molecular complexity index is 101. The van der Waals surface area contributed by atoms with Crippen molar-refractivity contribution in [1.29, 1.82) is 0 Å². The molecule has 0 aromatic carbocycles. The van der Waals surface area contributed by atoms with Crippen LogP contribution in [0.3, 0.4) is 0 Å². The van der Waals surface area contributed by atoms with Crippen LogP contribution >= 0.6 is 0 Å². The van der Waals surface area contributed by atoms with E-state index in [0.717, 1.165) is 6.42 Å². The molecule has 0 rings (SSSR count). The second-order valence-corrected chi connectivity index (χ2v) is 3.08. The third-order valence-electron chi connectivity index (χ3n) is 1.38. The SMILES string of the molecule is CC(C)C([NH-])=O.[CH2-]CCCCC.[La]. The van der Waals surface area contributed by atoms with Crippen molar-refractivity contribution in [2.24, 2.45) is 5.92 Å². The Morgan fingerprint density at radius 2 is 1.77 bits per heavy atom. The molecule has 13 heavy (non-hydrogen) atoms. The van der Waals surface area contributed by atoms with Crippen LogP contribution in [0, 0.1) is 48.4 Å². The topological polar surface area (TPSA) is 40.9 Å². The van der Waals surface area contributed by atoms with E-state index in [1.165, 1.54) is 19.3 Å². The zero-order chi connectivity index (χ0) is 9.98. The van der Waals surface area contributed by atoms with Crippen LogP contribution in [0.2, 0.25) is 0 Å². The average molecular weight is 310 g/mol. The summed E-state index contributed by atoms with van der Waals surface area (Å²) in [5.41, 5.74) is 6.39. The van der Waals surface area contributed by atoms with Gasteiger partial charge in [-0.1, -0.05) is 40.0 Å². The van der Waals surface area contributed by atoms with Crippen molar-refractivity contribution in [2.45, 2.75) is 46.5 Å². The summed E-state index contributed by atoms with van der Waals surface area (Å²) in [6.45, 7) is 9.33. The maximum Gasteiger partial charge on any atom is 0.0513 e. The first-order chi connectivity index (χ1) is 5.56. The van der Waals surface area contributed by atoms with Crippen LogP contribution in [0.4, 0.5) is 0 Å². The Morgan fingerprint density at radius 1 is 1.38 bits per heavy atom. The second-order valence-electron chi connectivity index (χ2n) is 3.08. The van der Waals surface area contributed by atoms with E-state index in [0.29, 0.717) is 0 Å². The number of unbranched alkanes of at least 4 members (excludes halogenated alkanes) is 3. The van der Waals surface area contributed by atoms with Gasteiger partial charge in [-0.25, -0.2) is 0 Å². The van der Waals surface area contributed by atoms with Gasteiger partial charge < -0.3 is 17.5 Å². The summed E-state index contributed by atoms with van der Waals surface area (Å²) in [4.78, 5) is 9.81. The molecule has 0 heterocycles. The minimum atomic E-state index is -0.491. The zero-order valence-electron chi connectivity index (χ0n) is 9.10.